The van der Waals surface area contributed by atoms with E-state index in [0.717, 1.165) is 11.1 Å². The molecule has 0 amide bonds. The van der Waals surface area contributed by atoms with Crippen LogP contribution in [0.3, 0.4) is 0 Å². The number of carbonyl (C=O) groups excluding carboxylic acids is 2. The van der Waals surface area contributed by atoms with Gasteiger partial charge in [0.2, 0.25) is 0 Å². The van der Waals surface area contributed by atoms with Crippen molar-refractivity contribution in [2.24, 2.45) is 0 Å². The first-order valence-corrected chi connectivity index (χ1v) is 5.96. The maximum atomic E-state index is 10.2. The van der Waals surface area contributed by atoms with Gasteiger partial charge in [0, 0.05) is 0 Å². The van der Waals surface area contributed by atoms with Gasteiger partial charge in [-0.2, -0.15) is 0 Å². The Kier molecular flexibility index (Phi) is 8.38. The molecule has 5 heteroatoms. The first-order valence-electron chi connectivity index (χ1n) is 5.96. The molecule has 0 aromatic heterocycles. The second-order valence-corrected chi connectivity index (χ2v) is 4.31. The SMILES string of the molecule is Cc1ccc(C(=O)[O-])cc1.Cc1cccc(C(=O)[O-])c1.[Sn+2]. The largest absolute Gasteiger partial charge is 2.00 e. The average Bonchev–Trinajstić information content (AvgIpc) is 2.40. The first kappa shape index (κ1) is 19.2. The summed E-state index contributed by atoms with van der Waals surface area (Å²) in [6.07, 6.45) is 0. The molecule has 0 unspecified atom stereocenters. The number of aryl methyl sites for hydroxylation is 2. The summed E-state index contributed by atoms with van der Waals surface area (Å²) >= 11 is 0. The summed E-state index contributed by atoms with van der Waals surface area (Å²) in [5, 5.41) is 20.4. The van der Waals surface area contributed by atoms with Gasteiger partial charge in [-0.1, -0.05) is 59.7 Å². The van der Waals surface area contributed by atoms with E-state index in [1.807, 2.05) is 19.9 Å². The van der Waals surface area contributed by atoms with Gasteiger partial charge in [-0.05, 0) is 25.0 Å². The van der Waals surface area contributed by atoms with Crippen LogP contribution in [0.4, 0.5) is 0 Å². The van der Waals surface area contributed by atoms with E-state index >= 15 is 0 Å². The van der Waals surface area contributed by atoms with E-state index in [-0.39, 0.29) is 35.0 Å². The fraction of sp³-hybridized carbons (Fsp3) is 0.125. The number of carboxylic acids is 2. The summed E-state index contributed by atoms with van der Waals surface area (Å²) in [6, 6.07) is 13.2. The summed E-state index contributed by atoms with van der Waals surface area (Å²) in [4.78, 5) is 20.4. The molecule has 0 heterocycles. The molecular weight excluding hydrogens is 375 g/mol. The van der Waals surface area contributed by atoms with Crippen molar-refractivity contribution < 1.29 is 19.8 Å². The van der Waals surface area contributed by atoms with Crippen LogP contribution in [-0.4, -0.2) is 35.8 Å². The van der Waals surface area contributed by atoms with E-state index < -0.39 is 11.9 Å². The van der Waals surface area contributed by atoms with Crippen molar-refractivity contribution >= 4 is 35.8 Å². The molecule has 2 rings (SSSR count). The van der Waals surface area contributed by atoms with Crippen LogP contribution in [-0.2, 0) is 0 Å². The molecule has 0 aliphatic heterocycles. The van der Waals surface area contributed by atoms with Crippen molar-refractivity contribution in [3.8, 4) is 0 Å². The number of rotatable bonds is 2. The number of aromatic carboxylic acids is 2. The van der Waals surface area contributed by atoms with Crippen LogP contribution in [0.1, 0.15) is 31.8 Å². The standard InChI is InChI=1S/2C8H8O2.Sn/c1-6-2-4-7(5-3-6)8(9)10;1-6-3-2-4-7(5-6)8(9)10;/h2*2-5H,1H3,(H,9,10);/q;;+2/p-2. The van der Waals surface area contributed by atoms with E-state index in [1.54, 1.807) is 24.3 Å². The quantitative estimate of drug-likeness (QED) is 0.694. The second kappa shape index (κ2) is 9.18. The summed E-state index contributed by atoms with van der Waals surface area (Å²) in [7, 11) is 0. The first-order chi connectivity index (χ1) is 9.40. The smallest absolute Gasteiger partial charge is 0.545 e. The van der Waals surface area contributed by atoms with Crippen LogP contribution in [0.25, 0.3) is 0 Å². The number of hydrogen-bond donors (Lipinski definition) is 0. The Bertz CT molecular complexity index is 606. The zero-order valence-corrected chi connectivity index (χ0v) is 14.6. The average molecular weight is 389 g/mol. The zero-order chi connectivity index (χ0) is 15.1. The fourth-order valence-electron chi connectivity index (χ4n) is 1.46. The Hall–Kier alpha value is -1.82. The van der Waals surface area contributed by atoms with Gasteiger partial charge in [0.1, 0.15) is 0 Å². The van der Waals surface area contributed by atoms with Gasteiger partial charge in [-0.15, -0.1) is 0 Å². The van der Waals surface area contributed by atoms with Crippen molar-refractivity contribution in [2.75, 3.05) is 0 Å². The minimum Gasteiger partial charge on any atom is -0.545 e. The Morgan fingerprint density at radius 1 is 0.762 bits per heavy atom. The molecule has 2 aromatic rings. The van der Waals surface area contributed by atoms with Gasteiger partial charge in [-0.3, -0.25) is 0 Å². The third-order valence-electron chi connectivity index (χ3n) is 2.54. The molecule has 0 bridgehead atoms. The Morgan fingerprint density at radius 2 is 1.29 bits per heavy atom. The molecule has 0 saturated carbocycles. The molecule has 2 radical (unpaired) electrons. The van der Waals surface area contributed by atoms with Gasteiger partial charge in [0.05, 0.1) is 11.9 Å². The number of hydrogen-bond acceptors (Lipinski definition) is 4. The maximum Gasteiger partial charge on any atom is 2.00 e. The van der Waals surface area contributed by atoms with Crippen LogP contribution < -0.4 is 10.2 Å². The third kappa shape index (κ3) is 6.94. The summed E-state index contributed by atoms with van der Waals surface area (Å²) in [5.74, 6) is -2.25. The normalized spacial score (nSPS) is 8.86. The number of benzene rings is 2. The Balaban J connectivity index is 0.000000364. The van der Waals surface area contributed by atoms with Crippen molar-refractivity contribution in [3.05, 3.63) is 70.8 Å². The van der Waals surface area contributed by atoms with Gasteiger partial charge in [-0.25, -0.2) is 0 Å². The number of carboxylic acid groups (broad SMARTS) is 2. The molecule has 0 aliphatic carbocycles. The maximum absolute atomic E-state index is 10.2. The molecule has 4 nitrogen and oxygen atoms in total. The molecule has 0 saturated heterocycles. The van der Waals surface area contributed by atoms with Crippen LogP contribution >= 0.6 is 0 Å². The molecule has 106 valence electrons. The van der Waals surface area contributed by atoms with Gasteiger partial charge in [0.15, 0.2) is 0 Å². The van der Waals surface area contributed by atoms with Crippen LogP contribution in [0.15, 0.2) is 48.5 Å². The van der Waals surface area contributed by atoms with Gasteiger partial charge in [0.25, 0.3) is 0 Å². The summed E-state index contributed by atoms with van der Waals surface area (Å²) in [6.45, 7) is 3.74. The van der Waals surface area contributed by atoms with Gasteiger partial charge >= 0.3 is 23.9 Å². The van der Waals surface area contributed by atoms with Gasteiger partial charge < -0.3 is 19.8 Å². The monoisotopic (exact) mass is 390 g/mol. The molecule has 0 aliphatic rings. The van der Waals surface area contributed by atoms with Crippen LogP contribution in [0.2, 0.25) is 0 Å². The summed E-state index contributed by atoms with van der Waals surface area (Å²) in [5.41, 5.74) is 2.44. The van der Waals surface area contributed by atoms with Crippen molar-refractivity contribution in [1.29, 1.82) is 0 Å². The van der Waals surface area contributed by atoms with E-state index in [2.05, 4.69) is 0 Å². The van der Waals surface area contributed by atoms with E-state index in [9.17, 15) is 19.8 Å². The Morgan fingerprint density at radius 3 is 1.67 bits per heavy atom. The van der Waals surface area contributed by atoms with E-state index in [4.69, 9.17) is 0 Å². The molecule has 0 fully saturated rings. The topological polar surface area (TPSA) is 80.3 Å². The van der Waals surface area contributed by atoms with Crippen LogP contribution in [0, 0.1) is 13.8 Å². The summed E-state index contributed by atoms with van der Waals surface area (Å²) < 4.78 is 0. The predicted molar refractivity (Wildman–Crippen MR) is 76.8 cm³/mol. The second-order valence-electron chi connectivity index (χ2n) is 4.31. The minimum absolute atomic E-state index is 0. The molecule has 0 atom stereocenters. The van der Waals surface area contributed by atoms with Crippen molar-refractivity contribution in [2.45, 2.75) is 13.8 Å². The van der Waals surface area contributed by atoms with Crippen LogP contribution in [0.5, 0.6) is 0 Å². The third-order valence-corrected chi connectivity index (χ3v) is 2.54. The molecule has 0 N–H and O–H groups in total. The van der Waals surface area contributed by atoms with E-state index in [0.29, 0.717) is 0 Å². The molecule has 21 heavy (non-hydrogen) atoms. The van der Waals surface area contributed by atoms with Crippen molar-refractivity contribution in [3.63, 3.8) is 0 Å². The molecule has 2 aromatic carbocycles. The number of carbonyl (C=O) groups is 2. The van der Waals surface area contributed by atoms with Crippen molar-refractivity contribution in [1.82, 2.24) is 0 Å². The molecule has 0 spiro atoms. The van der Waals surface area contributed by atoms with E-state index in [1.165, 1.54) is 18.2 Å². The Labute approximate surface area is 140 Å². The fourth-order valence-corrected chi connectivity index (χ4v) is 1.46. The predicted octanol–water partition coefficient (Wildman–Crippen LogP) is 0.336. The molecular formula is C16H14O4Sn. The minimum atomic E-state index is -1.12. The zero-order valence-electron chi connectivity index (χ0n) is 11.8.